The third-order valence-corrected chi connectivity index (χ3v) is 4.19. The third-order valence-electron chi connectivity index (χ3n) is 4.19. The zero-order valence-electron chi connectivity index (χ0n) is 13.6. The van der Waals surface area contributed by atoms with Gasteiger partial charge in [0.25, 0.3) is 0 Å². The molecular weight excluding hydrogens is 266 g/mol. The van der Waals surface area contributed by atoms with Crippen molar-refractivity contribution in [3.63, 3.8) is 0 Å². The number of aryl methyl sites for hydroxylation is 1. The Balaban J connectivity index is 1.85. The van der Waals surface area contributed by atoms with E-state index in [0.29, 0.717) is 18.3 Å². The standard InChI is InChI=1S/C16H29N3O2/c1-12(2)20-11-16(3,17)15-18-14(21-19-15)10-9-13-7-5-4-6-8-13/h12-13H,4-11,17H2,1-3H3. The molecular formula is C16H29N3O2. The molecule has 2 N–H and O–H groups in total. The normalized spacial score (nSPS) is 19.9. The molecule has 1 aromatic rings. The molecule has 1 saturated carbocycles. The van der Waals surface area contributed by atoms with Crippen molar-refractivity contribution in [3.8, 4) is 0 Å². The predicted octanol–water partition coefficient (Wildman–Crippen LogP) is 3.18. The van der Waals surface area contributed by atoms with Crippen molar-refractivity contribution in [1.82, 2.24) is 10.1 Å². The lowest BCUT2D eigenvalue weighted by Crippen LogP contribution is -2.40. The van der Waals surface area contributed by atoms with Gasteiger partial charge in [-0.3, -0.25) is 0 Å². The molecule has 1 aliphatic carbocycles. The van der Waals surface area contributed by atoms with Crippen molar-refractivity contribution in [2.24, 2.45) is 11.7 Å². The molecule has 0 aromatic carbocycles. The summed E-state index contributed by atoms with van der Waals surface area (Å²) in [5, 5.41) is 4.04. The minimum absolute atomic E-state index is 0.144. The van der Waals surface area contributed by atoms with E-state index < -0.39 is 5.54 Å². The second kappa shape index (κ2) is 7.36. The van der Waals surface area contributed by atoms with Crippen LogP contribution in [-0.2, 0) is 16.7 Å². The molecule has 21 heavy (non-hydrogen) atoms. The quantitative estimate of drug-likeness (QED) is 0.836. The number of nitrogens with two attached hydrogens (primary N) is 1. The number of nitrogens with zero attached hydrogens (tertiary/aromatic N) is 2. The van der Waals surface area contributed by atoms with Crippen LogP contribution in [0, 0.1) is 5.92 Å². The highest BCUT2D eigenvalue weighted by atomic mass is 16.5. The summed E-state index contributed by atoms with van der Waals surface area (Å²) in [7, 11) is 0. The lowest BCUT2D eigenvalue weighted by atomic mass is 9.86. The van der Waals surface area contributed by atoms with Gasteiger partial charge in [-0.1, -0.05) is 37.3 Å². The Morgan fingerprint density at radius 2 is 2.05 bits per heavy atom. The number of ether oxygens (including phenoxy) is 1. The van der Waals surface area contributed by atoms with Crippen molar-refractivity contribution in [1.29, 1.82) is 0 Å². The van der Waals surface area contributed by atoms with E-state index in [-0.39, 0.29) is 6.10 Å². The fourth-order valence-electron chi connectivity index (χ4n) is 2.80. The van der Waals surface area contributed by atoms with Crippen LogP contribution in [-0.4, -0.2) is 22.9 Å². The molecule has 1 aromatic heterocycles. The molecule has 1 atom stereocenters. The highest BCUT2D eigenvalue weighted by Gasteiger charge is 2.28. The molecule has 120 valence electrons. The van der Waals surface area contributed by atoms with Crippen molar-refractivity contribution in [2.45, 2.75) is 77.4 Å². The lowest BCUT2D eigenvalue weighted by Gasteiger charge is -2.21. The van der Waals surface area contributed by atoms with Gasteiger partial charge in [0.2, 0.25) is 5.89 Å². The van der Waals surface area contributed by atoms with Gasteiger partial charge >= 0.3 is 0 Å². The van der Waals surface area contributed by atoms with E-state index in [0.717, 1.165) is 18.8 Å². The van der Waals surface area contributed by atoms with Crippen LogP contribution >= 0.6 is 0 Å². The molecule has 0 bridgehead atoms. The molecule has 0 saturated heterocycles. The fraction of sp³-hybridized carbons (Fsp3) is 0.875. The van der Waals surface area contributed by atoms with Crippen molar-refractivity contribution < 1.29 is 9.26 Å². The summed E-state index contributed by atoms with van der Waals surface area (Å²) in [6.45, 7) is 6.25. The number of hydrogen-bond donors (Lipinski definition) is 1. The first-order chi connectivity index (χ1) is 9.97. The second-order valence-corrected chi connectivity index (χ2v) is 6.83. The van der Waals surface area contributed by atoms with Gasteiger partial charge in [0.15, 0.2) is 5.82 Å². The minimum atomic E-state index is -0.698. The molecule has 5 heteroatoms. The molecule has 1 aliphatic rings. The summed E-state index contributed by atoms with van der Waals surface area (Å²) < 4.78 is 10.9. The number of rotatable bonds is 7. The van der Waals surface area contributed by atoms with E-state index in [4.69, 9.17) is 15.0 Å². The highest BCUT2D eigenvalue weighted by Crippen LogP contribution is 2.27. The van der Waals surface area contributed by atoms with Gasteiger partial charge in [0.05, 0.1) is 12.7 Å². The van der Waals surface area contributed by atoms with Crippen molar-refractivity contribution in [3.05, 3.63) is 11.7 Å². The average molecular weight is 295 g/mol. The number of hydrogen-bond acceptors (Lipinski definition) is 5. The topological polar surface area (TPSA) is 74.2 Å². The van der Waals surface area contributed by atoms with Crippen LogP contribution in [0.5, 0.6) is 0 Å². The van der Waals surface area contributed by atoms with Crippen LogP contribution in [0.15, 0.2) is 4.52 Å². The maximum Gasteiger partial charge on any atom is 0.226 e. The Morgan fingerprint density at radius 1 is 1.33 bits per heavy atom. The molecule has 1 heterocycles. The predicted molar refractivity (Wildman–Crippen MR) is 81.8 cm³/mol. The van der Waals surface area contributed by atoms with Gasteiger partial charge in [-0.15, -0.1) is 0 Å². The van der Waals surface area contributed by atoms with Crippen molar-refractivity contribution >= 4 is 0 Å². The fourth-order valence-corrected chi connectivity index (χ4v) is 2.80. The maximum atomic E-state index is 6.23. The van der Waals surface area contributed by atoms with E-state index in [9.17, 15) is 0 Å². The van der Waals surface area contributed by atoms with Gasteiger partial charge in [-0.2, -0.15) is 4.98 Å². The van der Waals surface area contributed by atoms with Crippen LogP contribution < -0.4 is 5.73 Å². The van der Waals surface area contributed by atoms with Crippen LogP contribution in [0.4, 0.5) is 0 Å². The van der Waals surface area contributed by atoms with E-state index in [2.05, 4.69) is 10.1 Å². The monoisotopic (exact) mass is 295 g/mol. The third kappa shape index (κ3) is 5.08. The molecule has 2 rings (SSSR count). The Kier molecular flexibility index (Phi) is 5.76. The molecule has 0 spiro atoms. The molecule has 1 fully saturated rings. The Labute approximate surface area is 127 Å². The van der Waals surface area contributed by atoms with E-state index >= 15 is 0 Å². The molecule has 0 aliphatic heterocycles. The van der Waals surface area contributed by atoms with E-state index in [1.807, 2.05) is 20.8 Å². The smallest absolute Gasteiger partial charge is 0.226 e. The van der Waals surface area contributed by atoms with Crippen LogP contribution in [0.1, 0.15) is 71.0 Å². The maximum absolute atomic E-state index is 6.23. The lowest BCUT2D eigenvalue weighted by molar-refractivity contribution is 0.0410. The zero-order chi connectivity index (χ0) is 15.3. The Hall–Kier alpha value is -0.940. The largest absolute Gasteiger partial charge is 0.376 e. The molecule has 0 radical (unpaired) electrons. The summed E-state index contributed by atoms with van der Waals surface area (Å²) in [5.41, 5.74) is 5.53. The van der Waals surface area contributed by atoms with Gasteiger partial charge in [0, 0.05) is 6.42 Å². The highest BCUT2D eigenvalue weighted by molar-refractivity contribution is 5.02. The summed E-state index contributed by atoms with van der Waals surface area (Å²) in [6, 6.07) is 0. The first-order valence-corrected chi connectivity index (χ1v) is 8.21. The van der Waals surface area contributed by atoms with Gasteiger partial charge in [-0.05, 0) is 33.1 Å². The van der Waals surface area contributed by atoms with Gasteiger partial charge in [0.1, 0.15) is 5.54 Å². The number of aromatic nitrogens is 2. The summed E-state index contributed by atoms with van der Waals surface area (Å²) in [5.74, 6) is 2.07. The van der Waals surface area contributed by atoms with Gasteiger partial charge in [-0.25, -0.2) is 0 Å². The zero-order valence-corrected chi connectivity index (χ0v) is 13.6. The molecule has 5 nitrogen and oxygen atoms in total. The Bertz CT molecular complexity index is 423. The first kappa shape index (κ1) is 16.4. The first-order valence-electron chi connectivity index (χ1n) is 8.21. The minimum Gasteiger partial charge on any atom is -0.376 e. The van der Waals surface area contributed by atoms with Crippen molar-refractivity contribution in [2.75, 3.05) is 6.61 Å². The SMILES string of the molecule is CC(C)OCC(C)(N)c1noc(CCC2CCCCC2)n1. The van der Waals surface area contributed by atoms with Crippen LogP contribution in [0.3, 0.4) is 0 Å². The summed E-state index contributed by atoms with van der Waals surface area (Å²) in [6.07, 6.45) is 8.97. The average Bonchev–Trinajstić information content (AvgIpc) is 2.94. The molecule has 1 unspecified atom stereocenters. The Morgan fingerprint density at radius 3 is 2.71 bits per heavy atom. The van der Waals surface area contributed by atoms with E-state index in [1.165, 1.54) is 32.1 Å². The van der Waals surface area contributed by atoms with E-state index in [1.54, 1.807) is 0 Å². The van der Waals surface area contributed by atoms with Crippen LogP contribution in [0.25, 0.3) is 0 Å². The summed E-state index contributed by atoms with van der Waals surface area (Å²) >= 11 is 0. The molecule has 0 amide bonds. The van der Waals surface area contributed by atoms with Crippen LogP contribution in [0.2, 0.25) is 0 Å². The second-order valence-electron chi connectivity index (χ2n) is 6.83. The van der Waals surface area contributed by atoms with Gasteiger partial charge < -0.3 is 15.0 Å². The summed E-state index contributed by atoms with van der Waals surface area (Å²) in [4.78, 5) is 4.46.